The Morgan fingerprint density at radius 1 is 1.05 bits per heavy atom. The lowest BCUT2D eigenvalue weighted by atomic mass is 10.2. The molecule has 4 heteroatoms. The molecule has 0 atom stereocenters. The predicted molar refractivity (Wildman–Crippen MR) is 76.9 cm³/mol. The Balaban J connectivity index is 1.89. The highest BCUT2D eigenvalue weighted by Crippen LogP contribution is 2.11. The number of hydrogen-bond donors (Lipinski definition) is 1. The van der Waals surface area contributed by atoms with Crippen LogP contribution in [-0.4, -0.2) is 46.6 Å². The van der Waals surface area contributed by atoms with Gasteiger partial charge in [-0.3, -0.25) is 0 Å². The zero-order valence-corrected chi connectivity index (χ0v) is 12.0. The van der Waals surface area contributed by atoms with Crippen LogP contribution >= 0.6 is 0 Å². The van der Waals surface area contributed by atoms with Gasteiger partial charge in [0.15, 0.2) is 0 Å². The van der Waals surface area contributed by atoms with E-state index < -0.39 is 0 Å². The first-order chi connectivity index (χ1) is 9.33. The fourth-order valence-corrected chi connectivity index (χ4v) is 1.62. The third-order valence-electron chi connectivity index (χ3n) is 2.60. The smallest absolute Gasteiger partial charge is 0.119 e. The summed E-state index contributed by atoms with van der Waals surface area (Å²) >= 11 is 0. The maximum absolute atomic E-state index is 5.63. The van der Waals surface area contributed by atoms with Gasteiger partial charge >= 0.3 is 0 Å². The van der Waals surface area contributed by atoms with Gasteiger partial charge in [-0.15, -0.1) is 0 Å². The number of hydrogen-bond acceptors (Lipinski definition) is 4. The van der Waals surface area contributed by atoms with Crippen molar-refractivity contribution in [2.75, 3.05) is 46.6 Å². The van der Waals surface area contributed by atoms with E-state index in [1.54, 1.807) is 7.11 Å². The first-order valence-electron chi connectivity index (χ1n) is 6.80. The Morgan fingerprint density at radius 2 is 1.89 bits per heavy atom. The second-order valence-electron chi connectivity index (χ2n) is 4.37. The Kier molecular flexibility index (Phi) is 9.06. The van der Waals surface area contributed by atoms with Crippen molar-refractivity contribution in [3.05, 3.63) is 29.8 Å². The fourth-order valence-electron chi connectivity index (χ4n) is 1.62. The maximum atomic E-state index is 5.63. The summed E-state index contributed by atoms with van der Waals surface area (Å²) in [5, 5.41) is 3.28. The summed E-state index contributed by atoms with van der Waals surface area (Å²) in [4.78, 5) is 0. The summed E-state index contributed by atoms with van der Waals surface area (Å²) in [5.41, 5.74) is 1.22. The molecule has 0 aliphatic heterocycles. The lowest BCUT2D eigenvalue weighted by Crippen LogP contribution is -2.25. The van der Waals surface area contributed by atoms with Crippen molar-refractivity contribution in [2.24, 2.45) is 0 Å². The van der Waals surface area contributed by atoms with Crippen LogP contribution in [0.3, 0.4) is 0 Å². The minimum absolute atomic E-state index is 0.674. The summed E-state index contributed by atoms with van der Waals surface area (Å²) in [6.07, 6.45) is 0.951. The van der Waals surface area contributed by atoms with E-state index in [0.717, 1.165) is 45.1 Å². The van der Waals surface area contributed by atoms with E-state index in [1.807, 2.05) is 18.2 Å². The third kappa shape index (κ3) is 8.59. The largest absolute Gasteiger partial charge is 0.492 e. The van der Waals surface area contributed by atoms with Gasteiger partial charge in [0.25, 0.3) is 0 Å². The van der Waals surface area contributed by atoms with E-state index in [4.69, 9.17) is 14.2 Å². The number of methoxy groups -OCH3 is 1. The number of benzene rings is 1. The lowest BCUT2D eigenvalue weighted by Gasteiger charge is -2.08. The van der Waals surface area contributed by atoms with E-state index in [2.05, 4.69) is 18.3 Å². The molecule has 4 nitrogen and oxygen atoms in total. The molecule has 0 amide bonds. The molecule has 1 rings (SSSR count). The van der Waals surface area contributed by atoms with Gasteiger partial charge in [-0.1, -0.05) is 12.1 Å². The van der Waals surface area contributed by atoms with Crippen molar-refractivity contribution in [3.8, 4) is 5.75 Å². The number of nitrogens with one attached hydrogen (secondary N) is 1. The van der Waals surface area contributed by atoms with Crippen LogP contribution in [0.5, 0.6) is 5.75 Å². The zero-order valence-electron chi connectivity index (χ0n) is 12.0. The van der Waals surface area contributed by atoms with Crippen molar-refractivity contribution in [1.82, 2.24) is 5.32 Å². The predicted octanol–water partition coefficient (Wildman–Crippen LogP) is 2.02. The molecule has 0 unspecified atom stereocenters. The average molecular weight is 267 g/mol. The van der Waals surface area contributed by atoms with Crippen molar-refractivity contribution in [1.29, 1.82) is 0 Å². The molecule has 0 aliphatic rings. The Hall–Kier alpha value is -1.10. The van der Waals surface area contributed by atoms with Gasteiger partial charge in [0.1, 0.15) is 12.4 Å². The summed E-state index contributed by atoms with van der Waals surface area (Å²) in [6, 6.07) is 8.09. The van der Waals surface area contributed by atoms with Gasteiger partial charge < -0.3 is 19.5 Å². The SMILES string of the molecule is COCCCOCCNCCOc1cccc(C)c1. The standard InChI is InChI=1S/C15H25NO3/c1-14-5-3-6-15(13-14)19-12-8-16-7-11-18-10-4-9-17-2/h3,5-6,13,16H,4,7-12H2,1-2H3. The van der Waals surface area contributed by atoms with Crippen molar-refractivity contribution >= 4 is 0 Å². The molecule has 0 heterocycles. The van der Waals surface area contributed by atoms with Gasteiger partial charge in [-0.05, 0) is 31.0 Å². The van der Waals surface area contributed by atoms with Crippen LogP contribution < -0.4 is 10.1 Å². The molecular weight excluding hydrogens is 242 g/mol. The summed E-state index contributed by atoms with van der Waals surface area (Å²) in [7, 11) is 1.70. The minimum Gasteiger partial charge on any atom is -0.492 e. The quantitative estimate of drug-likeness (QED) is 0.623. The monoisotopic (exact) mass is 267 g/mol. The van der Waals surface area contributed by atoms with Gasteiger partial charge in [0, 0.05) is 33.4 Å². The first kappa shape index (κ1) is 16.0. The van der Waals surface area contributed by atoms with Crippen LogP contribution in [0.25, 0.3) is 0 Å². The fraction of sp³-hybridized carbons (Fsp3) is 0.600. The minimum atomic E-state index is 0.674. The number of ether oxygens (including phenoxy) is 3. The Labute approximate surface area is 116 Å². The van der Waals surface area contributed by atoms with Crippen LogP contribution in [0.1, 0.15) is 12.0 Å². The van der Waals surface area contributed by atoms with E-state index in [0.29, 0.717) is 6.61 Å². The Bertz CT molecular complexity index is 331. The molecule has 0 saturated carbocycles. The molecule has 0 bridgehead atoms. The molecule has 1 N–H and O–H groups in total. The van der Waals surface area contributed by atoms with Crippen LogP contribution in [0.15, 0.2) is 24.3 Å². The van der Waals surface area contributed by atoms with Crippen molar-refractivity contribution in [2.45, 2.75) is 13.3 Å². The topological polar surface area (TPSA) is 39.7 Å². The summed E-state index contributed by atoms with van der Waals surface area (Å²) in [5.74, 6) is 0.928. The van der Waals surface area contributed by atoms with E-state index in [1.165, 1.54) is 5.56 Å². The summed E-state index contributed by atoms with van der Waals surface area (Å²) in [6.45, 7) is 6.67. The molecular formula is C15H25NO3. The van der Waals surface area contributed by atoms with E-state index >= 15 is 0 Å². The molecule has 0 saturated heterocycles. The molecule has 0 aromatic heterocycles. The van der Waals surface area contributed by atoms with Crippen molar-refractivity contribution in [3.63, 3.8) is 0 Å². The molecule has 108 valence electrons. The zero-order chi connectivity index (χ0) is 13.8. The van der Waals surface area contributed by atoms with Crippen molar-refractivity contribution < 1.29 is 14.2 Å². The number of rotatable bonds is 11. The lowest BCUT2D eigenvalue weighted by molar-refractivity contribution is 0.104. The second kappa shape index (κ2) is 10.8. The summed E-state index contributed by atoms with van der Waals surface area (Å²) < 4.78 is 16.0. The number of aryl methyl sites for hydroxylation is 1. The Morgan fingerprint density at radius 3 is 2.68 bits per heavy atom. The highest BCUT2D eigenvalue weighted by atomic mass is 16.5. The maximum Gasteiger partial charge on any atom is 0.119 e. The molecule has 0 fully saturated rings. The highest BCUT2D eigenvalue weighted by Gasteiger charge is 1.94. The highest BCUT2D eigenvalue weighted by molar-refractivity contribution is 5.27. The molecule has 0 radical (unpaired) electrons. The van der Waals surface area contributed by atoms with E-state index in [-0.39, 0.29) is 0 Å². The third-order valence-corrected chi connectivity index (χ3v) is 2.60. The molecule has 1 aromatic rings. The molecule has 0 spiro atoms. The van der Waals surface area contributed by atoms with Crippen LogP contribution in [0, 0.1) is 6.92 Å². The van der Waals surface area contributed by atoms with Gasteiger partial charge in [-0.25, -0.2) is 0 Å². The molecule has 19 heavy (non-hydrogen) atoms. The van der Waals surface area contributed by atoms with E-state index in [9.17, 15) is 0 Å². The van der Waals surface area contributed by atoms with Gasteiger partial charge in [0.2, 0.25) is 0 Å². The van der Waals surface area contributed by atoms with Crippen LogP contribution in [0.4, 0.5) is 0 Å². The second-order valence-corrected chi connectivity index (χ2v) is 4.37. The average Bonchev–Trinajstić information content (AvgIpc) is 2.41. The van der Waals surface area contributed by atoms with Gasteiger partial charge in [-0.2, -0.15) is 0 Å². The van der Waals surface area contributed by atoms with Crippen LogP contribution in [-0.2, 0) is 9.47 Å². The molecule has 0 aliphatic carbocycles. The molecule has 1 aromatic carbocycles. The first-order valence-corrected chi connectivity index (χ1v) is 6.80. The normalized spacial score (nSPS) is 10.6. The van der Waals surface area contributed by atoms with Gasteiger partial charge in [0.05, 0.1) is 6.61 Å². The van der Waals surface area contributed by atoms with Crippen LogP contribution in [0.2, 0.25) is 0 Å².